The molecule has 35 heavy (non-hydrogen) atoms. The Morgan fingerprint density at radius 3 is 2.57 bits per heavy atom. The van der Waals surface area contributed by atoms with E-state index in [9.17, 15) is 19.7 Å². The third kappa shape index (κ3) is 5.66. The molecule has 2 aromatic carbocycles. The third-order valence-electron chi connectivity index (χ3n) is 6.06. The van der Waals surface area contributed by atoms with Gasteiger partial charge < -0.3 is 9.80 Å². The van der Waals surface area contributed by atoms with Crippen LogP contribution in [0.4, 0.5) is 5.69 Å². The molecule has 2 amide bonds. The van der Waals surface area contributed by atoms with E-state index in [0.29, 0.717) is 18.7 Å². The van der Waals surface area contributed by atoms with Crippen molar-refractivity contribution < 1.29 is 14.5 Å². The molecule has 180 valence electrons. The van der Waals surface area contributed by atoms with E-state index in [1.54, 1.807) is 34.4 Å². The highest BCUT2D eigenvalue weighted by Crippen LogP contribution is 2.37. The number of thiophene rings is 1. The molecule has 7 nitrogen and oxygen atoms in total. The second kappa shape index (κ2) is 11.1. The lowest BCUT2D eigenvalue weighted by molar-refractivity contribution is -0.384. The van der Waals surface area contributed by atoms with Crippen LogP contribution in [0, 0.1) is 10.1 Å². The summed E-state index contributed by atoms with van der Waals surface area (Å²) >= 11 is 1.72. The SMILES string of the molecule is CCCN(CC(=O)N1CCc2sccc2C1c1ccccc1)C(=O)C=Cc1ccc([N+](=O)[O-])cc1. The predicted octanol–water partition coefficient (Wildman–Crippen LogP) is 5.08. The van der Waals surface area contributed by atoms with Crippen LogP contribution in [0.3, 0.4) is 0 Å². The second-order valence-electron chi connectivity index (χ2n) is 8.39. The van der Waals surface area contributed by atoms with Gasteiger partial charge in [-0.2, -0.15) is 0 Å². The fraction of sp³-hybridized carbons (Fsp3) is 0.259. The molecule has 3 aromatic rings. The summed E-state index contributed by atoms with van der Waals surface area (Å²) < 4.78 is 0. The van der Waals surface area contributed by atoms with E-state index in [2.05, 4.69) is 11.4 Å². The Morgan fingerprint density at radius 1 is 1.14 bits per heavy atom. The number of benzene rings is 2. The van der Waals surface area contributed by atoms with Crippen molar-refractivity contribution in [3.63, 3.8) is 0 Å². The lowest BCUT2D eigenvalue weighted by atomic mass is 9.93. The summed E-state index contributed by atoms with van der Waals surface area (Å²) in [7, 11) is 0. The summed E-state index contributed by atoms with van der Waals surface area (Å²) in [6.07, 6.45) is 4.57. The minimum Gasteiger partial charge on any atom is -0.330 e. The number of nitrogens with zero attached hydrogens (tertiary/aromatic N) is 3. The van der Waals surface area contributed by atoms with Crippen molar-refractivity contribution in [2.45, 2.75) is 25.8 Å². The summed E-state index contributed by atoms with van der Waals surface area (Å²) in [5.41, 5.74) is 2.89. The minimum atomic E-state index is -0.463. The normalized spacial score (nSPS) is 15.1. The first-order valence-corrected chi connectivity index (χ1v) is 12.5. The van der Waals surface area contributed by atoms with Crippen LogP contribution in [0.25, 0.3) is 6.08 Å². The fourth-order valence-corrected chi connectivity index (χ4v) is 5.25. The van der Waals surface area contributed by atoms with Gasteiger partial charge in [-0.05, 0) is 59.2 Å². The third-order valence-corrected chi connectivity index (χ3v) is 7.05. The number of rotatable bonds is 8. The molecule has 0 saturated carbocycles. The number of non-ortho nitro benzene ring substituents is 1. The smallest absolute Gasteiger partial charge is 0.269 e. The maximum absolute atomic E-state index is 13.5. The van der Waals surface area contributed by atoms with Gasteiger partial charge in [-0.1, -0.05) is 37.3 Å². The van der Waals surface area contributed by atoms with Crippen LogP contribution < -0.4 is 0 Å². The molecular weight excluding hydrogens is 462 g/mol. The zero-order chi connectivity index (χ0) is 24.8. The van der Waals surface area contributed by atoms with E-state index in [4.69, 9.17) is 0 Å². The highest BCUT2D eigenvalue weighted by Gasteiger charge is 2.33. The molecule has 1 aliphatic rings. The maximum Gasteiger partial charge on any atom is 0.269 e. The number of hydrogen-bond acceptors (Lipinski definition) is 5. The van der Waals surface area contributed by atoms with Crippen LogP contribution in [-0.2, 0) is 16.0 Å². The molecule has 0 fully saturated rings. The summed E-state index contributed by atoms with van der Waals surface area (Å²) in [5.74, 6) is -0.343. The Kier molecular flexibility index (Phi) is 7.72. The van der Waals surface area contributed by atoms with Gasteiger partial charge in [0.05, 0.1) is 11.0 Å². The molecule has 0 aliphatic carbocycles. The van der Waals surface area contributed by atoms with Gasteiger partial charge in [0, 0.05) is 36.2 Å². The van der Waals surface area contributed by atoms with Gasteiger partial charge in [0.25, 0.3) is 5.69 Å². The van der Waals surface area contributed by atoms with E-state index in [1.807, 2.05) is 42.2 Å². The summed E-state index contributed by atoms with van der Waals surface area (Å²) in [6.45, 7) is 3.04. The first kappa shape index (κ1) is 24.3. The van der Waals surface area contributed by atoms with Crippen LogP contribution in [0.15, 0.2) is 72.1 Å². The molecule has 0 saturated heterocycles. The van der Waals surface area contributed by atoms with Crippen molar-refractivity contribution in [1.29, 1.82) is 0 Å². The van der Waals surface area contributed by atoms with E-state index < -0.39 is 4.92 Å². The number of carbonyl (C=O) groups is 2. The topological polar surface area (TPSA) is 83.8 Å². The van der Waals surface area contributed by atoms with E-state index in [-0.39, 0.29) is 30.1 Å². The Bertz CT molecular complexity index is 1220. The van der Waals surface area contributed by atoms with Crippen LogP contribution in [-0.4, -0.2) is 46.2 Å². The summed E-state index contributed by atoms with van der Waals surface area (Å²) in [6, 6.07) is 17.9. The maximum atomic E-state index is 13.5. The Morgan fingerprint density at radius 2 is 1.89 bits per heavy atom. The average Bonchev–Trinajstić information content (AvgIpc) is 3.36. The van der Waals surface area contributed by atoms with Crippen molar-refractivity contribution in [2.24, 2.45) is 0 Å². The van der Waals surface area contributed by atoms with Crippen molar-refractivity contribution >= 4 is 34.9 Å². The van der Waals surface area contributed by atoms with Gasteiger partial charge in [0.1, 0.15) is 6.54 Å². The van der Waals surface area contributed by atoms with Crippen molar-refractivity contribution in [3.8, 4) is 0 Å². The van der Waals surface area contributed by atoms with Crippen molar-refractivity contribution in [1.82, 2.24) is 9.80 Å². The number of nitro groups is 1. The molecule has 8 heteroatoms. The van der Waals surface area contributed by atoms with Crippen molar-refractivity contribution in [2.75, 3.05) is 19.6 Å². The van der Waals surface area contributed by atoms with Gasteiger partial charge in [0.2, 0.25) is 11.8 Å². The Labute approximate surface area is 208 Å². The lowest BCUT2D eigenvalue weighted by Gasteiger charge is -2.37. The molecule has 2 heterocycles. The molecule has 1 atom stereocenters. The van der Waals surface area contributed by atoms with Gasteiger partial charge in [-0.25, -0.2) is 0 Å². The minimum absolute atomic E-state index is 0.0000782. The largest absolute Gasteiger partial charge is 0.330 e. The zero-order valence-corrected chi connectivity index (χ0v) is 20.3. The molecule has 1 aromatic heterocycles. The molecular formula is C27H27N3O4S. The number of carbonyl (C=O) groups excluding carboxylic acids is 2. The van der Waals surface area contributed by atoms with E-state index >= 15 is 0 Å². The highest BCUT2D eigenvalue weighted by atomic mass is 32.1. The summed E-state index contributed by atoms with van der Waals surface area (Å²) in [5, 5.41) is 12.9. The number of fused-ring (bicyclic) bond motifs is 1. The predicted molar refractivity (Wildman–Crippen MR) is 137 cm³/mol. The van der Waals surface area contributed by atoms with Crippen LogP contribution >= 0.6 is 11.3 Å². The Hall–Kier alpha value is -3.78. The molecule has 0 spiro atoms. The first-order chi connectivity index (χ1) is 17.0. The zero-order valence-electron chi connectivity index (χ0n) is 19.5. The lowest BCUT2D eigenvalue weighted by Crippen LogP contribution is -2.46. The van der Waals surface area contributed by atoms with Crippen LogP contribution in [0.5, 0.6) is 0 Å². The molecule has 1 aliphatic heterocycles. The van der Waals surface area contributed by atoms with Crippen LogP contribution in [0.2, 0.25) is 0 Å². The second-order valence-corrected chi connectivity index (χ2v) is 9.39. The molecule has 4 rings (SSSR count). The van der Waals surface area contributed by atoms with E-state index in [0.717, 1.165) is 24.0 Å². The molecule has 1 unspecified atom stereocenters. The molecule has 0 N–H and O–H groups in total. The Balaban J connectivity index is 1.50. The number of hydrogen-bond donors (Lipinski definition) is 0. The van der Waals surface area contributed by atoms with Gasteiger partial charge in [0.15, 0.2) is 0 Å². The van der Waals surface area contributed by atoms with E-state index in [1.165, 1.54) is 23.1 Å². The standard InChI is InChI=1S/C27H27N3O4S/c1-2-16-28(25(31)13-10-20-8-11-22(12-9-20)30(33)34)19-26(32)29-17-14-24-23(15-18-35-24)27(29)21-6-4-3-5-7-21/h3-13,15,18,27H,2,14,16-17,19H2,1H3. The van der Waals surface area contributed by atoms with Gasteiger partial charge in [-0.3, -0.25) is 19.7 Å². The quantitative estimate of drug-likeness (QED) is 0.251. The summed E-state index contributed by atoms with van der Waals surface area (Å²) in [4.78, 5) is 41.6. The molecule has 0 radical (unpaired) electrons. The van der Waals surface area contributed by atoms with Gasteiger partial charge in [-0.15, -0.1) is 11.3 Å². The fourth-order valence-electron chi connectivity index (χ4n) is 4.35. The van der Waals surface area contributed by atoms with Gasteiger partial charge >= 0.3 is 0 Å². The van der Waals surface area contributed by atoms with Crippen LogP contribution in [0.1, 0.15) is 41.0 Å². The number of amides is 2. The first-order valence-electron chi connectivity index (χ1n) is 11.6. The van der Waals surface area contributed by atoms with Crippen molar-refractivity contribution in [3.05, 3.63) is 104 Å². The monoisotopic (exact) mass is 489 g/mol. The molecule has 0 bridgehead atoms. The average molecular weight is 490 g/mol. The number of nitro benzene ring substituents is 1. The highest BCUT2D eigenvalue weighted by molar-refractivity contribution is 7.10.